The van der Waals surface area contributed by atoms with E-state index in [9.17, 15) is 8.42 Å². The molecule has 0 aromatic carbocycles. The van der Waals surface area contributed by atoms with E-state index in [1.54, 1.807) is 15.6 Å². The minimum atomic E-state index is -2.99. The van der Waals surface area contributed by atoms with Gasteiger partial charge in [0, 0.05) is 31.9 Å². The second-order valence-electron chi connectivity index (χ2n) is 5.96. The van der Waals surface area contributed by atoms with Crippen LogP contribution in [0.1, 0.15) is 19.3 Å². The van der Waals surface area contributed by atoms with Crippen molar-refractivity contribution in [1.82, 2.24) is 9.29 Å². The maximum absolute atomic E-state index is 12.1. The fourth-order valence-electron chi connectivity index (χ4n) is 3.57. The number of pyridine rings is 1. The number of hydrogen-bond acceptors (Lipinski definition) is 5. The Morgan fingerprint density at radius 1 is 1.18 bits per heavy atom. The van der Waals surface area contributed by atoms with E-state index in [-0.39, 0.29) is 6.04 Å². The molecule has 2 aromatic heterocycles. The number of fused-ring (bicyclic) bond motifs is 1. The number of nitrogens with zero attached hydrogens (tertiary/aromatic N) is 3. The topological polar surface area (TPSA) is 53.5 Å². The first-order valence-corrected chi connectivity index (χ1v) is 10.2. The van der Waals surface area contributed by atoms with E-state index in [2.05, 4.69) is 21.3 Å². The van der Waals surface area contributed by atoms with Gasteiger partial charge in [0.15, 0.2) is 0 Å². The summed E-state index contributed by atoms with van der Waals surface area (Å²) in [6.45, 7) is 2.53. The van der Waals surface area contributed by atoms with E-state index < -0.39 is 10.0 Å². The number of thiophene rings is 1. The van der Waals surface area contributed by atoms with Crippen molar-refractivity contribution >= 4 is 37.3 Å². The van der Waals surface area contributed by atoms with Gasteiger partial charge in [-0.05, 0) is 36.8 Å². The largest absolute Gasteiger partial charge is 0.370 e. The Morgan fingerprint density at radius 3 is 2.73 bits per heavy atom. The molecule has 0 aliphatic carbocycles. The van der Waals surface area contributed by atoms with E-state index in [0.29, 0.717) is 12.3 Å². The molecule has 2 fully saturated rings. The summed E-state index contributed by atoms with van der Waals surface area (Å²) in [5.41, 5.74) is 2.29. The second-order valence-corrected chi connectivity index (χ2v) is 8.92. The normalized spacial score (nSPS) is 23.4. The fraction of sp³-hybridized carbons (Fsp3) is 0.533. The molecule has 0 bridgehead atoms. The van der Waals surface area contributed by atoms with Crippen LogP contribution in [0.3, 0.4) is 0 Å². The standard InChI is InChI=1S/C15H19N3O2S2/c19-22(20)11-1-7-18(22)12-3-8-17(9-4-12)14-2-6-16-13-5-10-21-15(13)14/h2,5-6,10,12H,1,3-4,7-9,11H2. The van der Waals surface area contributed by atoms with Crippen molar-refractivity contribution in [2.75, 3.05) is 30.3 Å². The lowest BCUT2D eigenvalue weighted by atomic mass is 10.0. The zero-order chi connectivity index (χ0) is 15.2. The third kappa shape index (κ3) is 2.41. The number of hydrogen-bond donors (Lipinski definition) is 0. The Hall–Kier alpha value is -1.18. The van der Waals surface area contributed by atoms with Gasteiger partial charge in [-0.25, -0.2) is 8.42 Å². The molecule has 2 aliphatic rings. The first-order valence-electron chi connectivity index (χ1n) is 7.72. The molecule has 0 atom stereocenters. The van der Waals surface area contributed by atoms with Crippen LogP contribution in [-0.2, 0) is 10.0 Å². The van der Waals surface area contributed by atoms with Crippen molar-refractivity contribution in [2.45, 2.75) is 25.3 Å². The molecule has 0 spiro atoms. The summed E-state index contributed by atoms with van der Waals surface area (Å²) in [7, 11) is -2.99. The average Bonchev–Trinajstić information content (AvgIpc) is 3.13. The molecular weight excluding hydrogens is 318 g/mol. The van der Waals surface area contributed by atoms with E-state index in [1.807, 2.05) is 12.3 Å². The molecule has 0 saturated carbocycles. The molecule has 22 heavy (non-hydrogen) atoms. The van der Waals surface area contributed by atoms with Crippen LogP contribution >= 0.6 is 11.3 Å². The molecule has 0 radical (unpaired) electrons. The van der Waals surface area contributed by atoms with Gasteiger partial charge >= 0.3 is 0 Å². The van der Waals surface area contributed by atoms with Crippen LogP contribution in [0.4, 0.5) is 5.69 Å². The van der Waals surface area contributed by atoms with Crippen molar-refractivity contribution in [3.05, 3.63) is 23.7 Å². The van der Waals surface area contributed by atoms with Gasteiger partial charge in [-0.1, -0.05) is 0 Å². The van der Waals surface area contributed by atoms with Gasteiger partial charge in [0.05, 0.1) is 21.7 Å². The van der Waals surface area contributed by atoms with Crippen LogP contribution in [0.25, 0.3) is 10.2 Å². The van der Waals surface area contributed by atoms with Gasteiger partial charge in [0.2, 0.25) is 10.0 Å². The van der Waals surface area contributed by atoms with E-state index in [4.69, 9.17) is 0 Å². The quantitative estimate of drug-likeness (QED) is 0.844. The Balaban J connectivity index is 1.51. The molecule has 118 valence electrons. The van der Waals surface area contributed by atoms with Crippen molar-refractivity contribution < 1.29 is 8.42 Å². The Bertz CT molecular complexity index is 779. The molecule has 2 aromatic rings. The lowest BCUT2D eigenvalue weighted by Gasteiger charge is -2.37. The van der Waals surface area contributed by atoms with Crippen LogP contribution in [0, 0.1) is 0 Å². The van der Waals surface area contributed by atoms with Gasteiger partial charge in [-0.15, -0.1) is 11.3 Å². The van der Waals surface area contributed by atoms with E-state index in [1.165, 1.54) is 10.4 Å². The fourth-order valence-corrected chi connectivity index (χ4v) is 6.27. The zero-order valence-electron chi connectivity index (χ0n) is 12.3. The monoisotopic (exact) mass is 337 g/mol. The molecule has 4 rings (SSSR count). The molecular formula is C15H19N3O2S2. The number of aromatic nitrogens is 1. The van der Waals surface area contributed by atoms with Crippen molar-refractivity contribution in [3.8, 4) is 0 Å². The number of sulfonamides is 1. The number of anilines is 1. The molecule has 7 heteroatoms. The highest BCUT2D eigenvalue weighted by molar-refractivity contribution is 7.89. The van der Waals surface area contributed by atoms with Crippen LogP contribution in [0.15, 0.2) is 23.7 Å². The molecule has 2 aliphatic heterocycles. The van der Waals surface area contributed by atoms with Gasteiger partial charge in [-0.3, -0.25) is 4.98 Å². The molecule has 0 N–H and O–H groups in total. The zero-order valence-corrected chi connectivity index (χ0v) is 13.9. The van der Waals surface area contributed by atoms with E-state index in [0.717, 1.165) is 37.9 Å². The predicted octanol–water partition coefficient (Wildman–Crippen LogP) is 2.30. The summed E-state index contributed by atoms with van der Waals surface area (Å²) in [5.74, 6) is 0.327. The smallest absolute Gasteiger partial charge is 0.214 e. The predicted molar refractivity (Wildman–Crippen MR) is 90.0 cm³/mol. The SMILES string of the molecule is O=S1(=O)CCCN1C1CCN(c2ccnc3ccsc23)CC1. The van der Waals surface area contributed by atoms with Gasteiger partial charge < -0.3 is 4.90 Å². The van der Waals surface area contributed by atoms with Gasteiger partial charge in [-0.2, -0.15) is 4.31 Å². The molecule has 2 saturated heterocycles. The van der Waals surface area contributed by atoms with E-state index >= 15 is 0 Å². The maximum atomic E-state index is 12.1. The average molecular weight is 337 g/mol. The van der Waals surface area contributed by atoms with Gasteiger partial charge in [0.1, 0.15) is 0 Å². The third-order valence-corrected chi connectivity index (χ3v) is 7.60. The van der Waals surface area contributed by atoms with Crippen LogP contribution in [0.2, 0.25) is 0 Å². The Labute approximate surface area is 134 Å². The highest BCUT2D eigenvalue weighted by atomic mass is 32.2. The summed E-state index contributed by atoms with van der Waals surface area (Å²) in [6.07, 6.45) is 4.47. The van der Waals surface area contributed by atoms with Crippen molar-refractivity contribution in [1.29, 1.82) is 0 Å². The molecule has 5 nitrogen and oxygen atoms in total. The first kappa shape index (κ1) is 14.4. The Morgan fingerprint density at radius 2 is 2.00 bits per heavy atom. The van der Waals surface area contributed by atoms with Crippen LogP contribution in [-0.4, -0.2) is 49.1 Å². The lowest BCUT2D eigenvalue weighted by Crippen LogP contribution is -2.45. The number of piperidine rings is 1. The summed E-state index contributed by atoms with van der Waals surface area (Å²) in [5, 5.41) is 2.07. The third-order valence-electron chi connectivity index (χ3n) is 4.67. The Kier molecular flexibility index (Phi) is 3.58. The summed E-state index contributed by atoms with van der Waals surface area (Å²) in [6, 6.07) is 4.31. The highest BCUT2D eigenvalue weighted by Crippen LogP contribution is 2.33. The second kappa shape index (κ2) is 5.47. The number of rotatable bonds is 2. The molecule has 0 amide bonds. The van der Waals surface area contributed by atoms with Crippen molar-refractivity contribution in [3.63, 3.8) is 0 Å². The first-order chi connectivity index (χ1) is 10.6. The minimum absolute atomic E-state index is 0.185. The highest BCUT2D eigenvalue weighted by Gasteiger charge is 2.36. The summed E-state index contributed by atoms with van der Waals surface area (Å²) >= 11 is 1.72. The van der Waals surface area contributed by atoms with Crippen LogP contribution in [0.5, 0.6) is 0 Å². The van der Waals surface area contributed by atoms with Gasteiger partial charge in [0.25, 0.3) is 0 Å². The summed E-state index contributed by atoms with van der Waals surface area (Å²) < 4.78 is 27.1. The van der Waals surface area contributed by atoms with Crippen LogP contribution < -0.4 is 4.90 Å². The minimum Gasteiger partial charge on any atom is -0.370 e. The molecule has 0 unspecified atom stereocenters. The summed E-state index contributed by atoms with van der Waals surface area (Å²) in [4.78, 5) is 6.76. The maximum Gasteiger partial charge on any atom is 0.214 e. The lowest BCUT2D eigenvalue weighted by molar-refractivity contribution is 0.291. The van der Waals surface area contributed by atoms with Crippen molar-refractivity contribution in [2.24, 2.45) is 0 Å². The molecule has 4 heterocycles.